The van der Waals surface area contributed by atoms with Crippen molar-refractivity contribution >= 4 is 23.6 Å². The van der Waals surface area contributed by atoms with E-state index in [-0.39, 0.29) is 18.3 Å². The topological polar surface area (TPSA) is 31.6 Å². The Labute approximate surface area is 171 Å². The fraction of sp³-hybridized carbons (Fsp3) is 0.667. The molecule has 1 fully saturated rings. The first-order valence-electron chi connectivity index (χ1n) is 11.2. The average Bonchev–Trinajstić information content (AvgIpc) is 3.13. The van der Waals surface area contributed by atoms with Gasteiger partial charge in [0.05, 0.1) is 11.2 Å². The largest absolute Gasteiger partial charge is 0.494 e. The molecule has 28 heavy (non-hydrogen) atoms. The van der Waals surface area contributed by atoms with Crippen molar-refractivity contribution in [2.75, 3.05) is 0 Å². The van der Waals surface area contributed by atoms with Crippen LogP contribution in [-0.2, 0) is 15.7 Å². The standard InChI is InChI=1S/C24H37BO3/c1-6-7-8-9-10-11-12-13-14-21-18-19-17-20(15-16-22(19)26-21)25-27-23(2,3)24(4,5)28-25/h15-18H,6-14H2,1-5H3. The lowest BCUT2D eigenvalue weighted by atomic mass is 9.79. The van der Waals surface area contributed by atoms with Crippen molar-refractivity contribution in [2.24, 2.45) is 0 Å². The summed E-state index contributed by atoms with van der Waals surface area (Å²) >= 11 is 0. The van der Waals surface area contributed by atoms with Crippen molar-refractivity contribution < 1.29 is 13.7 Å². The highest BCUT2D eigenvalue weighted by Gasteiger charge is 2.51. The first kappa shape index (κ1) is 21.5. The summed E-state index contributed by atoms with van der Waals surface area (Å²) in [5.74, 6) is 1.09. The van der Waals surface area contributed by atoms with Gasteiger partial charge in [0.25, 0.3) is 0 Å². The molecule has 2 aromatic rings. The highest BCUT2D eigenvalue weighted by Crippen LogP contribution is 2.36. The van der Waals surface area contributed by atoms with Gasteiger partial charge in [0.2, 0.25) is 0 Å². The molecule has 0 saturated carbocycles. The van der Waals surface area contributed by atoms with Crippen molar-refractivity contribution in [3.8, 4) is 0 Å². The van der Waals surface area contributed by atoms with Crippen molar-refractivity contribution in [2.45, 2.75) is 104 Å². The van der Waals surface area contributed by atoms with Crippen LogP contribution in [0.15, 0.2) is 28.7 Å². The Kier molecular flexibility index (Phi) is 6.93. The third-order valence-corrected chi connectivity index (χ3v) is 6.39. The summed E-state index contributed by atoms with van der Waals surface area (Å²) in [6.07, 6.45) is 11.7. The number of hydrogen-bond acceptors (Lipinski definition) is 3. The van der Waals surface area contributed by atoms with Gasteiger partial charge in [-0.25, -0.2) is 0 Å². The van der Waals surface area contributed by atoms with Gasteiger partial charge in [0, 0.05) is 11.8 Å². The van der Waals surface area contributed by atoms with E-state index in [1.165, 1.54) is 51.4 Å². The van der Waals surface area contributed by atoms with Crippen LogP contribution in [0.1, 0.15) is 91.7 Å². The summed E-state index contributed by atoms with van der Waals surface area (Å²) in [7, 11) is -0.319. The second-order valence-electron chi connectivity index (χ2n) is 9.32. The molecule has 0 unspecified atom stereocenters. The summed E-state index contributed by atoms with van der Waals surface area (Å²) in [5, 5.41) is 1.14. The van der Waals surface area contributed by atoms with E-state index in [9.17, 15) is 0 Å². The highest BCUT2D eigenvalue weighted by molar-refractivity contribution is 6.62. The molecule has 1 aliphatic rings. The maximum Gasteiger partial charge on any atom is 0.494 e. The molecule has 1 aliphatic heterocycles. The zero-order valence-electron chi connectivity index (χ0n) is 18.5. The fourth-order valence-corrected chi connectivity index (χ4v) is 3.80. The molecule has 1 aromatic carbocycles. The van der Waals surface area contributed by atoms with Gasteiger partial charge >= 0.3 is 7.12 Å². The molecule has 4 heteroatoms. The van der Waals surface area contributed by atoms with Crippen LogP contribution in [0.4, 0.5) is 0 Å². The third kappa shape index (κ3) is 5.01. The molecule has 0 radical (unpaired) electrons. The molecule has 1 saturated heterocycles. The van der Waals surface area contributed by atoms with E-state index in [2.05, 4.69) is 52.8 Å². The normalized spacial score (nSPS) is 18.2. The summed E-state index contributed by atoms with van der Waals surface area (Å²) in [6, 6.07) is 8.45. The van der Waals surface area contributed by atoms with Crippen LogP contribution in [0.2, 0.25) is 0 Å². The first-order chi connectivity index (χ1) is 13.3. The number of unbranched alkanes of at least 4 members (excludes halogenated alkanes) is 7. The van der Waals surface area contributed by atoms with Gasteiger partial charge in [-0.1, -0.05) is 64.0 Å². The molecule has 0 spiro atoms. The summed E-state index contributed by atoms with van der Waals surface area (Å²) < 4.78 is 18.4. The molecule has 0 atom stereocenters. The van der Waals surface area contributed by atoms with Gasteiger partial charge in [-0.3, -0.25) is 0 Å². The summed E-state index contributed by atoms with van der Waals surface area (Å²) in [6.45, 7) is 10.6. The van der Waals surface area contributed by atoms with Crippen LogP contribution in [-0.4, -0.2) is 18.3 Å². The molecule has 154 valence electrons. The zero-order chi connectivity index (χ0) is 20.2. The van der Waals surface area contributed by atoms with Gasteiger partial charge in [-0.05, 0) is 51.7 Å². The minimum absolute atomic E-state index is 0.315. The predicted molar refractivity (Wildman–Crippen MR) is 118 cm³/mol. The minimum Gasteiger partial charge on any atom is -0.461 e. The highest BCUT2D eigenvalue weighted by atomic mass is 16.7. The van der Waals surface area contributed by atoms with Crippen molar-refractivity contribution in [3.05, 3.63) is 30.0 Å². The number of hydrogen-bond donors (Lipinski definition) is 0. The third-order valence-electron chi connectivity index (χ3n) is 6.39. The lowest BCUT2D eigenvalue weighted by molar-refractivity contribution is 0.00578. The number of benzene rings is 1. The van der Waals surface area contributed by atoms with Gasteiger partial charge in [0.1, 0.15) is 11.3 Å². The molecule has 1 aromatic heterocycles. The quantitative estimate of drug-likeness (QED) is 0.350. The van der Waals surface area contributed by atoms with Crippen LogP contribution < -0.4 is 5.46 Å². The first-order valence-corrected chi connectivity index (χ1v) is 11.2. The van der Waals surface area contributed by atoms with E-state index in [0.717, 1.165) is 28.6 Å². The minimum atomic E-state index is -0.319. The molecule has 0 N–H and O–H groups in total. The van der Waals surface area contributed by atoms with Crippen LogP contribution in [0.5, 0.6) is 0 Å². The molecule has 3 rings (SSSR count). The monoisotopic (exact) mass is 384 g/mol. The van der Waals surface area contributed by atoms with Gasteiger partial charge in [-0.2, -0.15) is 0 Å². The molecule has 0 aliphatic carbocycles. The van der Waals surface area contributed by atoms with Crippen LogP contribution in [0.25, 0.3) is 11.0 Å². The predicted octanol–water partition coefficient (Wildman–Crippen LogP) is 6.42. The Bertz CT molecular complexity index is 746. The molecule has 3 nitrogen and oxygen atoms in total. The van der Waals surface area contributed by atoms with E-state index in [0.29, 0.717) is 0 Å². The smallest absolute Gasteiger partial charge is 0.461 e. The van der Waals surface area contributed by atoms with Crippen molar-refractivity contribution in [1.82, 2.24) is 0 Å². The molecule has 0 bridgehead atoms. The van der Waals surface area contributed by atoms with Crippen LogP contribution in [0, 0.1) is 0 Å². The molecule has 0 amide bonds. The van der Waals surface area contributed by atoms with E-state index in [4.69, 9.17) is 13.7 Å². The molecule has 2 heterocycles. The Hall–Kier alpha value is -1.26. The Morgan fingerprint density at radius 1 is 0.786 bits per heavy atom. The SMILES string of the molecule is CCCCCCCCCCc1cc2cc(B3OC(C)(C)C(C)(C)O3)ccc2o1. The molecular formula is C24H37BO3. The molecular weight excluding hydrogens is 347 g/mol. The van der Waals surface area contributed by atoms with E-state index >= 15 is 0 Å². The Morgan fingerprint density at radius 3 is 2.04 bits per heavy atom. The summed E-state index contributed by atoms with van der Waals surface area (Å²) in [4.78, 5) is 0. The number of rotatable bonds is 10. The lowest BCUT2D eigenvalue weighted by Crippen LogP contribution is -2.41. The van der Waals surface area contributed by atoms with Crippen molar-refractivity contribution in [1.29, 1.82) is 0 Å². The Morgan fingerprint density at radius 2 is 1.39 bits per heavy atom. The lowest BCUT2D eigenvalue weighted by Gasteiger charge is -2.32. The maximum atomic E-state index is 6.18. The van der Waals surface area contributed by atoms with E-state index in [1.807, 2.05) is 6.07 Å². The van der Waals surface area contributed by atoms with Gasteiger partial charge in [0.15, 0.2) is 0 Å². The average molecular weight is 384 g/mol. The number of fused-ring (bicyclic) bond motifs is 1. The van der Waals surface area contributed by atoms with E-state index in [1.54, 1.807) is 0 Å². The van der Waals surface area contributed by atoms with Crippen molar-refractivity contribution in [3.63, 3.8) is 0 Å². The number of furan rings is 1. The van der Waals surface area contributed by atoms with Gasteiger partial charge in [-0.15, -0.1) is 0 Å². The second kappa shape index (κ2) is 9.05. The van der Waals surface area contributed by atoms with Gasteiger partial charge < -0.3 is 13.7 Å². The van der Waals surface area contributed by atoms with Crippen LogP contribution >= 0.6 is 0 Å². The van der Waals surface area contributed by atoms with E-state index < -0.39 is 0 Å². The Balaban J connectivity index is 1.52. The fourth-order valence-electron chi connectivity index (χ4n) is 3.80. The number of aryl methyl sites for hydroxylation is 1. The van der Waals surface area contributed by atoms with Crippen LogP contribution in [0.3, 0.4) is 0 Å². The second-order valence-corrected chi connectivity index (χ2v) is 9.32. The maximum absolute atomic E-state index is 6.18. The zero-order valence-corrected chi connectivity index (χ0v) is 18.5. The summed E-state index contributed by atoms with van der Waals surface area (Å²) in [5.41, 5.74) is 1.38.